The average Bonchev–Trinajstić information content (AvgIpc) is 2.11. The number of rotatable bonds is 6. The normalized spacial score (nSPS) is 17.1. The molecule has 0 amide bonds. The van der Waals surface area contributed by atoms with E-state index in [1.54, 1.807) is 0 Å². The lowest BCUT2D eigenvalue weighted by Crippen LogP contribution is -2.42. The van der Waals surface area contributed by atoms with Gasteiger partial charge in [-0.25, -0.2) is 0 Å². The molecule has 3 atom stereocenters. The van der Waals surface area contributed by atoms with Crippen LogP contribution in [0.15, 0.2) is 0 Å². The Bertz CT molecular complexity index is 219. The van der Waals surface area contributed by atoms with Crippen molar-refractivity contribution in [1.29, 1.82) is 0 Å². The zero-order valence-electron chi connectivity index (χ0n) is 8.01. The molecule has 0 fully saturated rings. The Morgan fingerprint density at radius 2 is 1.79 bits per heavy atom. The molecule has 0 spiro atoms. The molecule has 1 unspecified atom stereocenters. The van der Waals surface area contributed by atoms with E-state index < -0.39 is 24.2 Å². The van der Waals surface area contributed by atoms with E-state index in [1.165, 1.54) is 6.92 Å². The molecule has 82 valence electrons. The molecule has 14 heavy (non-hydrogen) atoms. The van der Waals surface area contributed by atoms with E-state index in [9.17, 15) is 14.7 Å². The molecule has 0 aromatic heterocycles. The van der Waals surface area contributed by atoms with Gasteiger partial charge in [-0.05, 0) is 19.8 Å². The zero-order valence-corrected chi connectivity index (χ0v) is 8.01. The number of aliphatic hydroxyl groups excluding tert-OH is 1. The molecule has 0 aliphatic heterocycles. The minimum absolute atomic E-state index is 0.0947. The molecular weight excluding hydrogens is 188 g/mol. The molecule has 0 saturated heterocycles. The summed E-state index contributed by atoms with van der Waals surface area (Å²) in [4.78, 5) is 21.0. The molecule has 6 nitrogen and oxygen atoms in total. The second-order valence-electron chi connectivity index (χ2n) is 3.23. The van der Waals surface area contributed by atoms with Crippen LogP contribution in [0.1, 0.15) is 19.8 Å². The largest absolute Gasteiger partial charge is 0.480 e. The topological polar surface area (TPSA) is 127 Å². The summed E-state index contributed by atoms with van der Waals surface area (Å²) in [5.74, 6) is -1.46. The van der Waals surface area contributed by atoms with Gasteiger partial charge in [-0.3, -0.25) is 9.59 Å². The van der Waals surface area contributed by atoms with Gasteiger partial charge in [-0.2, -0.15) is 0 Å². The highest BCUT2D eigenvalue weighted by atomic mass is 16.4. The van der Waals surface area contributed by atoms with Crippen LogP contribution in [0.25, 0.3) is 0 Å². The number of ketones is 1. The summed E-state index contributed by atoms with van der Waals surface area (Å²) >= 11 is 0. The van der Waals surface area contributed by atoms with Crippen molar-refractivity contribution in [3.05, 3.63) is 0 Å². The molecule has 6 N–H and O–H groups in total. The van der Waals surface area contributed by atoms with Crippen LogP contribution in [-0.4, -0.2) is 40.2 Å². The van der Waals surface area contributed by atoms with Crippen LogP contribution in [0.2, 0.25) is 0 Å². The van der Waals surface area contributed by atoms with Gasteiger partial charge >= 0.3 is 5.97 Å². The first-order valence-corrected chi connectivity index (χ1v) is 4.28. The fourth-order valence-electron chi connectivity index (χ4n) is 0.924. The summed E-state index contributed by atoms with van der Waals surface area (Å²) in [5, 5.41) is 17.8. The summed E-state index contributed by atoms with van der Waals surface area (Å²) in [6.45, 7) is 1.27. The van der Waals surface area contributed by atoms with Gasteiger partial charge in [0.1, 0.15) is 11.8 Å². The van der Waals surface area contributed by atoms with Crippen molar-refractivity contribution in [1.82, 2.24) is 0 Å². The van der Waals surface area contributed by atoms with E-state index in [1.807, 2.05) is 0 Å². The van der Waals surface area contributed by atoms with Crippen LogP contribution in [0.5, 0.6) is 0 Å². The molecule has 0 aromatic rings. The maximum atomic E-state index is 10.7. The molecule has 0 bridgehead atoms. The Labute approximate surface area is 81.9 Å². The lowest BCUT2D eigenvalue weighted by atomic mass is 10.0. The summed E-state index contributed by atoms with van der Waals surface area (Å²) in [7, 11) is 0. The highest BCUT2D eigenvalue weighted by Crippen LogP contribution is 2.04. The SMILES string of the molecule is CC(=O)C(N)[C@H](O)CC[C@H](N)C(=O)O. The minimum Gasteiger partial charge on any atom is -0.480 e. The highest BCUT2D eigenvalue weighted by molar-refractivity contribution is 5.81. The Morgan fingerprint density at radius 1 is 1.29 bits per heavy atom. The Kier molecular flexibility index (Phi) is 5.29. The first-order valence-electron chi connectivity index (χ1n) is 4.28. The molecule has 0 heterocycles. The second kappa shape index (κ2) is 5.69. The van der Waals surface area contributed by atoms with Gasteiger partial charge in [-0.1, -0.05) is 0 Å². The fraction of sp³-hybridized carbons (Fsp3) is 0.750. The molecule has 0 radical (unpaired) electrons. The van der Waals surface area contributed by atoms with E-state index in [0.29, 0.717) is 0 Å². The number of nitrogens with two attached hydrogens (primary N) is 2. The van der Waals surface area contributed by atoms with E-state index in [4.69, 9.17) is 16.6 Å². The monoisotopic (exact) mass is 204 g/mol. The zero-order chi connectivity index (χ0) is 11.3. The molecule has 0 aliphatic carbocycles. The third-order valence-corrected chi connectivity index (χ3v) is 1.97. The summed E-state index contributed by atoms with van der Waals surface area (Å²) < 4.78 is 0. The average molecular weight is 204 g/mol. The molecule has 6 heteroatoms. The van der Waals surface area contributed by atoms with E-state index in [2.05, 4.69) is 0 Å². The maximum absolute atomic E-state index is 10.7. The summed E-state index contributed by atoms with van der Waals surface area (Å²) in [5.41, 5.74) is 10.5. The van der Waals surface area contributed by atoms with Gasteiger partial charge in [0.05, 0.1) is 12.1 Å². The van der Waals surface area contributed by atoms with Crippen molar-refractivity contribution < 1.29 is 19.8 Å². The van der Waals surface area contributed by atoms with Gasteiger partial charge < -0.3 is 21.7 Å². The fourth-order valence-corrected chi connectivity index (χ4v) is 0.924. The van der Waals surface area contributed by atoms with Crippen molar-refractivity contribution in [2.45, 2.75) is 38.0 Å². The van der Waals surface area contributed by atoms with Gasteiger partial charge in [0, 0.05) is 0 Å². The number of hydrogen-bond donors (Lipinski definition) is 4. The number of carbonyl (C=O) groups excluding carboxylic acids is 1. The number of aliphatic carboxylic acids is 1. The first-order chi connectivity index (χ1) is 6.36. The van der Waals surface area contributed by atoms with Gasteiger partial charge in [0.2, 0.25) is 0 Å². The van der Waals surface area contributed by atoms with Crippen LogP contribution >= 0.6 is 0 Å². The highest BCUT2D eigenvalue weighted by Gasteiger charge is 2.21. The second-order valence-corrected chi connectivity index (χ2v) is 3.23. The van der Waals surface area contributed by atoms with Gasteiger partial charge in [0.15, 0.2) is 0 Å². The Balaban J connectivity index is 3.90. The van der Waals surface area contributed by atoms with Crippen LogP contribution in [0, 0.1) is 0 Å². The summed E-state index contributed by atoms with van der Waals surface area (Å²) in [6.07, 6.45) is -0.830. The van der Waals surface area contributed by atoms with Gasteiger partial charge in [0.25, 0.3) is 0 Å². The number of carboxylic acids is 1. The number of hydrogen-bond acceptors (Lipinski definition) is 5. The molecule has 0 aliphatic rings. The number of Topliss-reactive ketones (excluding diaryl/α,β-unsaturated/α-hetero) is 1. The van der Waals surface area contributed by atoms with Crippen LogP contribution in [0.4, 0.5) is 0 Å². The van der Waals surface area contributed by atoms with Crippen LogP contribution in [0.3, 0.4) is 0 Å². The van der Waals surface area contributed by atoms with E-state index >= 15 is 0 Å². The molecular formula is C8H16N2O4. The predicted molar refractivity (Wildman–Crippen MR) is 49.5 cm³/mol. The molecule has 0 rings (SSSR count). The van der Waals surface area contributed by atoms with Crippen LogP contribution in [-0.2, 0) is 9.59 Å². The molecule has 0 saturated carbocycles. The minimum atomic E-state index is -1.13. The lowest BCUT2D eigenvalue weighted by molar-refractivity contribution is -0.138. The van der Waals surface area contributed by atoms with Crippen molar-refractivity contribution in [3.8, 4) is 0 Å². The maximum Gasteiger partial charge on any atom is 0.320 e. The third-order valence-electron chi connectivity index (χ3n) is 1.97. The number of carboxylic acid groups (broad SMARTS) is 1. The Morgan fingerprint density at radius 3 is 2.14 bits per heavy atom. The quantitative estimate of drug-likeness (QED) is 0.415. The van der Waals surface area contributed by atoms with Crippen molar-refractivity contribution in [3.63, 3.8) is 0 Å². The third kappa shape index (κ3) is 4.31. The number of carbonyl (C=O) groups is 2. The summed E-state index contributed by atoms with van der Waals surface area (Å²) in [6, 6.07) is -1.99. The van der Waals surface area contributed by atoms with Gasteiger partial charge in [-0.15, -0.1) is 0 Å². The van der Waals surface area contributed by atoms with Crippen molar-refractivity contribution >= 4 is 11.8 Å². The van der Waals surface area contributed by atoms with Crippen molar-refractivity contribution in [2.24, 2.45) is 11.5 Å². The predicted octanol–water partition coefficient (Wildman–Crippen LogP) is -1.54. The Hall–Kier alpha value is -0.980. The van der Waals surface area contributed by atoms with Crippen molar-refractivity contribution in [2.75, 3.05) is 0 Å². The smallest absolute Gasteiger partial charge is 0.320 e. The molecule has 0 aromatic carbocycles. The number of aliphatic hydroxyl groups is 1. The first kappa shape index (κ1) is 13.0. The standard InChI is InChI=1S/C8H16N2O4/c1-4(11)7(10)6(12)3-2-5(9)8(13)14/h5-7,12H,2-3,9-10H2,1H3,(H,13,14)/t5-,6+,7?/m0/s1. The lowest BCUT2D eigenvalue weighted by Gasteiger charge is -2.16. The van der Waals surface area contributed by atoms with E-state index in [-0.39, 0.29) is 18.6 Å². The van der Waals surface area contributed by atoms with E-state index in [0.717, 1.165) is 0 Å². The van der Waals surface area contributed by atoms with Crippen LogP contribution < -0.4 is 11.5 Å².